The van der Waals surface area contributed by atoms with Crippen molar-refractivity contribution >= 4 is 17.5 Å². The summed E-state index contributed by atoms with van der Waals surface area (Å²) in [6, 6.07) is 3.27. The molecular weight excluding hydrogens is 292 g/mol. The molecule has 0 radical (unpaired) electrons. The lowest BCUT2D eigenvalue weighted by Crippen LogP contribution is -2.41. The number of aromatic nitrogens is 1. The van der Waals surface area contributed by atoms with Gasteiger partial charge < -0.3 is 14.4 Å². The van der Waals surface area contributed by atoms with Gasteiger partial charge in [-0.25, -0.2) is 0 Å². The quantitative estimate of drug-likeness (QED) is 0.757. The molecule has 0 atom stereocenters. The summed E-state index contributed by atoms with van der Waals surface area (Å²) in [6.45, 7) is 5.29. The topological polar surface area (TPSA) is 51.7 Å². The maximum atomic E-state index is 12.3. The molecule has 2 heterocycles. The third-order valence-corrected chi connectivity index (χ3v) is 3.69. The van der Waals surface area contributed by atoms with Crippen LogP contribution in [0.25, 0.3) is 0 Å². The fourth-order valence-electron chi connectivity index (χ4n) is 2.33. The van der Waals surface area contributed by atoms with E-state index in [1.54, 1.807) is 23.2 Å². The van der Waals surface area contributed by atoms with Crippen molar-refractivity contribution in [2.45, 2.75) is 25.9 Å². The van der Waals surface area contributed by atoms with E-state index in [0.717, 1.165) is 12.8 Å². The molecule has 1 fully saturated rings. The van der Waals surface area contributed by atoms with Crippen molar-refractivity contribution in [1.82, 2.24) is 9.88 Å². The highest BCUT2D eigenvalue weighted by molar-refractivity contribution is 6.30. The van der Waals surface area contributed by atoms with E-state index in [4.69, 9.17) is 21.1 Å². The Labute approximate surface area is 130 Å². The molecule has 6 heteroatoms. The molecule has 0 aromatic carbocycles. The van der Waals surface area contributed by atoms with E-state index in [2.05, 4.69) is 4.98 Å². The number of nitrogens with zero attached hydrogens (tertiary/aromatic N) is 2. The molecule has 0 saturated carbocycles. The lowest BCUT2D eigenvalue weighted by Gasteiger charge is -2.31. The van der Waals surface area contributed by atoms with E-state index < -0.39 is 0 Å². The molecule has 0 bridgehead atoms. The van der Waals surface area contributed by atoms with Gasteiger partial charge >= 0.3 is 0 Å². The monoisotopic (exact) mass is 312 g/mol. The number of pyridine rings is 1. The van der Waals surface area contributed by atoms with E-state index in [9.17, 15) is 4.79 Å². The standard InChI is InChI=1S/C15H21ClN2O3/c1-2-20-9-10-21-13-4-7-18(8-5-13)15(19)14-11-12(16)3-6-17-14/h3,6,11,13H,2,4-5,7-10H2,1H3. The third kappa shape index (κ3) is 4.95. The molecule has 0 unspecified atom stereocenters. The number of amides is 1. The lowest BCUT2D eigenvalue weighted by atomic mass is 10.1. The summed E-state index contributed by atoms with van der Waals surface area (Å²) in [4.78, 5) is 18.2. The highest BCUT2D eigenvalue weighted by atomic mass is 35.5. The van der Waals surface area contributed by atoms with E-state index in [1.165, 1.54) is 0 Å². The number of likely N-dealkylation sites (tertiary alicyclic amines) is 1. The van der Waals surface area contributed by atoms with Crippen LogP contribution in [0.4, 0.5) is 0 Å². The Morgan fingerprint density at radius 2 is 2.19 bits per heavy atom. The Morgan fingerprint density at radius 3 is 2.86 bits per heavy atom. The summed E-state index contributed by atoms with van der Waals surface area (Å²) in [7, 11) is 0. The van der Waals surface area contributed by atoms with Gasteiger partial charge in [-0.1, -0.05) is 11.6 Å². The number of carbonyl (C=O) groups is 1. The number of hydrogen-bond acceptors (Lipinski definition) is 4. The van der Waals surface area contributed by atoms with Crippen molar-refractivity contribution in [1.29, 1.82) is 0 Å². The number of hydrogen-bond donors (Lipinski definition) is 0. The predicted octanol–water partition coefficient (Wildman–Crippen LogP) is 2.39. The Bertz CT molecular complexity index is 462. The third-order valence-electron chi connectivity index (χ3n) is 3.46. The van der Waals surface area contributed by atoms with Crippen molar-refractivity contribution in [3.05, 3.63) is 29.0 Å². The van der Waals surface area contributed by atoms with Crippen molar-refractivity contribution in [2.75, 3.05) is 32.9 Å². The Hall–Kier alpha value is -1.17. The molecule has 1 aliphatic heterocycles. The molecule has 1 aromatic heterocycles. The smallest absolute Gasteiger partial charge is 0.272 e. The Morgan fingerprint density at radius 1 is 1.43 bits per heavy atom. The molecule has 0 aliphatic carbocycles. The predicted molar refractivity (Wildman–Crippen MR) is 80.6 cm³/mol. The van der Waals surface area contributed by atoms with Crippen molar-refractivity contribution < 1.29 is 14.3 Å². The molecule has 116 valence electrons. The van der Waals surface area contributed by atoms with Crippen molar-refractivity contribution in [3.63, 3.8) is 0 Å². The minimum absolute atomic E-state index is 0.0646. The second-order valence-corrected chi connectivity index (χ2v) is 5.36. The van der Waals surface area contributed by atoms with Crippen molar-refractivity contribution in [2.24, 2.45) is 0 Å². The number of ether oxygens (including phenoxy) is 2. The molecule has 21 heavy (non-hydrogen) atoms. The zero-order chi connectivity index (χ0) is 15.1. The average Bonchev–Trinajstić information content (AvgIpc) is 2.51. The number of piperidine rings is 1. The normalized spacial score (nSPS) is 16.2. The Kier molecular flexibility index (Phi) is 6.42. The van der Waals surface area contributed by atoms with Gasteiger partial charge in [-0.15, -0.1) is 0 Å². The van der Waals surface area contributed by atoms with Crippen LogP contribution < -0.4 is 0 Å². The molecule has 5 nitrogen and oxygen atoms in total. The van der Waals surface area contributed by atoms with Crippen LogP contribution in [0.5, 0.6) is 0 Å². The summed E-state index contributed by atoms with van der Waals surface area (Å²) < 4.78 is 11.0. The van der Waals surface area contributed by atoms with Crippen LogP contribution in [0.1, 0.15) is 30.3 Å². The molecule has 1 aliphatic rings. The molecular formula is C15H21ClN2O3. The molecule has 0 N–H and O–H groups in total. The first-order chi connectivity index (χ1) is 10.2. The van der Waals surface area contributed by atoms with Gasteiger partial charge in [-0.2, -0.15) is 0 Å². The largest absolute Gasteiger partial charge is 0.379 e. The van der Waals surface area contributed by atoms with Gasteiger partial charge in [-0.05, 0) is 31.9 Å². The first-order valence-electron chi connectivity index (χ1n) is 7.31. The zero-order valence-electron chi connectivity index (χ0n) is 12.3. The maximum Gasteiger partial charge on any atom is 0.272 e. The summed E-state index contributed by atoms with van der Waals surface area (Å²) >= 11 is 5.89. The van der Waals surface area contributed by atoms with E-state index in [1.807, 2.05) is 6.92 Å². The first kappa shape index (κ1) is 16.2. The highest BCUT2D eigenvalue weighted by Gasteiger charge is 2.24. The molecule has 2 rings (SSSR count). The fraction of sp³-hybridized carbons (Fsp3) is 0.600. The second-order valence-electron chi connectivity index (χ2n) is 4.92. The summed E-state index contributed by atoms with van der Waals surface area (Å²) in [5.74, 6) is -0.0646. The van der Waals surface area contributed by atoms with Crippen LogP contribution in [0.15, 0.2) is 18.3 Å². The molecule has 1 saturated heterocycles. The highest BCUT2D eigenvalue weighted by Crippen LogP contribution is 2.17. The first-order valence-corrected chi connectivity index (χ1v) is 7.68. The molecule has 0 spiro atoms. The summed E-state index contributed by atoms with van der Waals surface area (Å²) in [5.41, 5.74) is 0.401. The minimum Gasteiger partial charge on any atom is -0.379 e. The van der Waals surface area contributed by atoms with Crippen LogP contribution in [-0.4, -0.2) is 54.8 Å². The van der Waals surface area contributed by atoms with E-state index in [0.29, 0.717) is 43.6 Å². The van der Waals surface area contributed by atoms with Crippen LogP contribution in [0.3, 0.4) is 0 Å². The van der Waals surface area contributed by atoms with Crippen LogP contribution in [0.2, 0.25) is 5.02 Å². The van der Waals surface area contributed by atoms with Gasteiger partial charge in [0, 0.05) is 30.9 Å². The van der Waals surface area contributed by atoms with Crippen LogP contribution >= 0.6 is 11.6 Å². The average molecular weight is 313 g/mol. The van der Waals surface area contributed by atoms with Gasteiger partial charge in [0.15, 0.2) is 0 Å². The number of rotatable bonds is 6. The summed E-state index contributed by atoms with van der Waals surface area (Å²) in [6.07, 6.45) is 3.46. The fourth-order valence-corrected chi connectivity index (χ4v) is 2.49. The van der Waals surface area contributed by atoms with Gasteiger partial charge in [0.05, 0.1) is 19.3 Å². The van der Waals surface area contributed by atoms with Crippen LogP contribution in [-0.2, 0) is 9.47 Å². The SMILES string of the molecule is CCOCCOC1CCN(C(=O)c2cc(Cl)ccn2)CC1. The maximum absolute atomic E-state index is 12.3. The number of halogens is 1. The zero-order valence-corrected chi connectivity index (χ0v) is 13.0. The molecule has 1 aromatic rings. The second kappa shape index (κ2) is 8.32. The Balaban J connectivity index is 1.77. The van der Waals surface area contributed by atoms with Gasteiger partial charge in [0.2, 0.25) is 0 Å². The molecule has 1 amide bonds. The lowest BCUT2D eigenvalue weighted by molar-refractivity contribution is -0.0183. The van der Waals surface area contributed by atoms with Gasteiger partial charge in [-0.3, -0.25) is 9.78 Å². The van der Waals surface area contributed by atoms with Crippen molar-refractivity contribution in [3.8, 4) is 0 Å². The van der Waals surface area contributed by atoms with Gasteiger partial charge in [0.1, 0.15) is 5.69 Å². The number of carbonyl (C=O) groups excluding carboxylic acids is 1. The summed E-state index contributed by atoms with van der Waals surface area (Å²) in [5, 5.41) is 0.530. The van der Waals surface area contributed by atoms with Crippen LogP contribution in [0, 0.1) is 0 Å². The van der Waals surface area contributed by atoms with E-state index >= 15 is 0 Å². The van der Waals surface area contributed by atoms with Gasteiger partial charge in [0.25, 0.3) is 5.91 Å². The minimum atomic E-state index is -0.0646. The van der Waals surface area contributed by atoms with E-state index in [-0.39, 0.29) is 12.0 Å².